The average molecular weight is 394 g/mol. The number of hydrogen-bond donors (Lipinski definition) is 1. The van der Waals surface area contributed by atoms with Gasteiger partial charge in [-0.1, -0.05) is 6.92 Å². The van der Waals surface area contributed by atoms with Crippen LogP contribution < -0.4 is 5.32 Å². The molecule has 10 heteroatoms. The Hall–Kier alpha value is -1.29. The van der Waals surface area contributed by atoms with Crippen LogP contribution in [-0.4, -0.2) is 53.6 Å². The highest BCUT2D eigenvalue weighted by Gasteiger charge is 2.46. The van der Waals surface area contributed by atoms with E-state index in [-0.39, 0.29) is 24.1 Å². The van der Waals surface area contributed by atoms with Gasteiger partial charge in [0, 0.05) is 31.1 Å². The summed E-state index contributed by atoms with van der Waals surface area (Å²) in [5, 5.41) is 7.41. The van der Waals surface area contributed by atoms with Gasteiger partial charge in [-0.15, -0.1) is 0 Å². The number of halogens is 3. The molecule has 3 rings (SSSR count). The predicted molar refractivity (Wildman–Crippen MR) is 92.6 cm³/mol. The van der Waals surface area contributed by atoms with Gasteiger partial charge >= 0.3 is 6.18 Å². The van der Waals surface area contributed by atoms with Gasteiger partial charge < -0.3 is 5.32 Å². The standard InChI is InChI=1S/C16H25F3N4O2S/c1-3-12-9-14(16(17,18)19)23-15(20-12)10-13(21-23)11-5-7-22(8-6-11)26(24,25)4-2/h10-12,14,20H,3-9H2,1-2H3/t12-,14-/m1/s1. The molecule has 0 bridgehead atoms. The number of hydrogen-bond acceptors (Lipinski definition) is 4. The molecular formula is C16H25F3N4O2S. The Labute approximate surface area is 151 Å². The van der Waals surface area contributed by atoms with Gasteiger partial charge in [0.15, 0.2) is 6.04 Å². The van der Waals surface area contributed by atoms with Crippen molar-refractivity contribution in [2.45, 2.75) is 63.7 Å². The number of nitrogens with zero attached hydrogens (tertiary/aromatic N) is 3. The van der Waals surface area contributed by atoms with E-state index in [4.69, 9.17) is 0 Å². The second-order valence-corrected chi connectivity index (χ2v) is 9.27. The molecule has 0 aromatic carbocycles. The molecule has 2 atom stereocenters. The van der Waals surface area contributed by atoms with E-state index in [1.54, 1.807) is 13.0 Å². The van der Waals surface area contributed by atoms with Gasteiger partial charge in [0.1, 0.15) is 5.82 Å². The first-order chi connectivity index (χ1) is 12.2. The fraction of sp³-hybridized carbons (Fsp3) is 0.812. The number of sulfonamides is 1. The fourth-order valence-electron chi connectivity index (χ4n) is 3.75. The Morgan fingerprint density at radius 1 is 1.27 bits per heavy atom. The van der Waals surface area contributed by atoms with Gasteiger partial charge in [-0.25, -0.2) is 17.4 Å². The van der Waals surface area contributed by atoms with Crippen molar-refractivity contribution in [3.05, 3.63) is 11.8 Å². The largest absolute Gasteiger partial charge is 0.410 e. The number of rotatable bonds is 4. The lowest BCUT2D eigenvalue weighted by molar-refractivity contribution is -0.173. The number of aromatic nitrogens is 2. The Balaban J connectivity index is 1.79. The van der Waals surface area contributed by atoms with Crippen LogP contribution >= 0.6 is 0 Å². The Morgan fingerprint density at radius 3 is 2.46 bits per heavy atom. The average Bonchev–Trinajstić information content (AvgIpc) is 3.03. The Bertz CT molecular complexity index is 739. The van der Waals surface area contributed by atoms with Crippen molar-refractivity contribution in [3.8, 4) is 0 Å². The van der Waals surface area contributed by atoms with Crippen LogP contribution in [0.1, 0.15) is 57.2 Å². The molecule has 0 saturated carbocycles. The predicted octanol–water partition coefficient (Wildman–Crippen LogP) is 3.11. The molecule has 2 aliphatic rings. The number of nitrogens with one attached hydrogen (secondary N) is 1. The van der Waals surface area contributed by atoms with Crippen LogP contribution in [0.15, 0.2) is 6.07 Å². The molecule has 0 aliphatic carbocycles. The number of anilines is 1. The minimum atomic E-state index is -4.34. The summed E-state index contributed by atoms with van der Waals surface area (Å²) in [7, 11) is -3.22. The molecule has 1 saturated heterocycles. The molecule has 3 heterocycles. The molecule has 1 fully saturated rings. The zero-order valence-electron chi connectivity index (χ0n) is 15.0. The van der Waals surface area contributed by atoms with E-state index in [1.807, 2.05) is 6.92 Å². The van der Waals surface area contributed by atoms with Crippen molar-refractivity contribution < 1.29 is 21.6 Å². The summed E-state index contributed by atoms with van der Waals surface area (Å²) in [5.41, 5.74) is 0.618. The zero-order valence-corrected chi connectivity index (χ0v) is 15.8. The molecule has 26 heavy (non-hydrogen) atoms. The van der Waals surface area contributed by atoms with Gasteiger partial charge in [-0.05, 0) is 32.6 Å². The van der Waals surface area contributed by atoms with Crippen LogP contribution in [-0.2, 0) is 10.0 Å². The first kappa shape index (κ1) is 19.5. The summed E-state index contributed by atoms with van der Waals surface area (Å²) < 4.78 is 66.8. The molecule has 6 nitrogen and oxygen atoms in total. The summed E-state index contributed by atoms with van der Waals surface area (Å²) in [6.07, 6.45) is -2.61. The monoisotopic (exact) mass is 394 g/mol. The quantitative estimate of drug-likeness (QED) is 0.852. The van der Waals surface area contributed by atoms with Crippen LogP contribution in [0, 0.1) is 0 Å². The maximum atomic E-state index is 13.4. The lowest BCUT2D eigenvalue weighted by atomic mass is 9.95. The van der Waals surface area contributed by atoms with Crippen LogP contribution in [0.5, 0.6) is 0 Å². The summed E-state index contributed by atoms with van der Waals surface area (Å²) >= 11 is 0. The molecule has 0 amide bonds. The Kier molecular flexibility index (Phi) is 5.26. The van der Waals surface area contributed by atoms with Gasteiger partial charge in [-0.2, -0.15) is 18.3 Å². The molecule has 0 radical (unpaired) electrons. The number of fused-ring (bicyclic) bond motifs is 1. The minimum absolute atomic E-state index is 0.0211. The van der Waals surface area contributed by atoms with Crippen molar-refractivity contribution in [2.24, 2.45) is 0 Å². The second kappa shape index (κ2) is 7.03. The Morgan fingerprint density at radius 2 is 1.92 bits per heavy atom. The zero-order chi connectivity index (χ0) is 19.1. The highest BCUT2D eigenvalue weighted by atomic mass is 32.2. The van der Waals surface area contributed by atoms with Crippen LogP contribution in [0.25, 0.3) is 0 Å². The highest BCUT2D eigenvalue weighted by Crippen LogP contribution is 2.41. The third-order valence-electron chi connectivity index (χ3n) is 5.41. The topological polar surface area (TPSA) is 67.2 Å². The van der Waals surface area contributed by atoms with Crippen LogP contribution in [0.2, 0.25) is 0 Å². The molecule has 0 spiro atoms. The molecule has 148 valence electrons. The highest BCUT2D eigenvalue weighted by molar-refractivity contribution is 7.89. The second-order valence-electron chi connectivity index (χ2n) is 7.02. The maximum absolute atomic E-state index is 13.4. The molecule has 0 unspecified atom stereocenters. The first-order valence-corrected chi connectivity index (χ1v) is 10.7. The molecule has 2 aliphatic heterocycles. The van der Waals surface area contributed by atoms with Crippen molar-refractivity contribution in [2.75, 3.05) is 24.2 Å². The van der Waals surface area contributed by atoms with Gasteiger partial charge in [0.05, 0.1) is 11.4 Å². The van der Waals surface area contributed by atoms with Crippen LogP contribution in [0.4, 0.5) is 19.0 Å². The minimum Gasteiger partial charge on any atom is -0.367 e. The first-order valence-electron chi connectivity index (χ1n) is 9.06. The van der Waals surface area contributed by atoms with E-state index in [0.29, 0.717) is 43.9 Å². The third-order valence-corrected chi connectivity index (χ3v) is 7.29. The summed E-state index contributed by atoms with van der Waals surface area (Å²) in [6.45, 7) is 4.24. The molecule has 1 aromatic rings. The SMILES string of the molecule is CC[C@@H]1C[C@H](C(F)(F)F)n2nc(C3CCN(S(=O)(=O)CC)CC3)cc2N1. The molecular weight excluding hydrogens is 369 g/mol. The van der Waals surface area contributed by atoms with E-state index in [1.165, 1.54) is 4.31 Å². The summed E-state index contributed by atoms with van der Waals surface area (Å²) in [5.74, 6) is 0.447. The van der Waals surface area contributed by atoms with Crippen molar-refractivity contribution in [1.29, 1.82) is 0 Å². The number of alkyl halides is 3. The normalized spacial score (nSPS) is 25.7. The lowest BCUT2D eigenvalue weighted by Crippen LogP contribution is -2.39. The summed E-state index contributed by atoms with van der Waals surface area (Å²) in [6, 6.07) is -0.136. The van der Waals surface area contributed by atoms with E-state index < -0.39 is 22.2 Å². The van der Waals surface area contributed by atoms with E-state index in [2.05, 4.69) is 10.4 Å². The van der Waals surface area contributed by atoms with E-state index >= 15 is 0 Å². The van der Waals surface area contributed by atoms with Gasteiger partial charge in [-0.3, -0.25) is 0 Å². The van der Waals surface area contributed by atoms with Gasteiger partial charge in [0.2, 0.25) is 10.0 Å². The molecule has 1 aromatic heterocycles. The van der Waals surface area contributed by atoms with E-state index in [9.17, 15) is 21.6 Å². The number of piperidine rings is 1. The third kappa shape index (κ3) is 3.71. The smallest absolute Gasteiger partial charge is 0.367 e. The van der Waals surface area contributed by atoms with Crippen molar-refractivity contribution in [3.63, 3.8) is 0 Å². The fourth-order valence-corrected chi connectivity index (χ4v) is 4.88. The van der Waals surface area contributed by atoms with E-state index in [0.717, 1.165) is 4.68 Å². The van der Waals surface area contributed by atoms with Crippen LogP contribution in [0.3, 0.4) is 0 Å². The maximum Gasteiger partial charge on any atom is 0.410 e. The summed E-state index contributed by atoms with van der Waals surface area (Å²) in [4.78, 5) is 0. The molecule has 1 N–H and O–H groups in total. The van der Waals surface area contributed by atoms with Gasteiger partial charge in [0.25, 0.3) is 0 Å². The lowest BCUT2D eigenvalue weighted by Gasteiger charge is -2.32. The van der Waals surface area contributed by atoms with Crippen molar-refractivity contribution in [1.82, 2.24) is 14.1 Å². The van der Waals surface area contributed by atoms with Crippen molar-refractivity contribution >= 4 is 15.8 Å².